The van der Waals surface area contributed by atoms with E-state index >= 15 is 0 Å². The van der Waals surface area contributed by atoms with Gasteiger partial charge in [0.1, 0.15) is 5.82 Å². The predicted molar refractivity (Wildman–Crippen MR) is 113 cm³/mol. The van der Waals surface area contributed by atoms with E-state index in [9.17, 15) is 8.78 Å². The van der Waals surface area contributed by atoms with Crippen molar-refractivity contribution in [2.45, 2.75) is 0 Å². The van der Waals surface area contributed by atoms with Crippen molar-refractivity contribution in [2.75, 3.05) is 64.0 Å². The summed E-state index contributed by atoms with van der Waals surface area (Å²) >= 11 is 0. The Hall–Kier alpha value is -2.85. The fourth-order valence-electron chi connectivity index (χ4n) is 3.64. The molecule has 4 rings (SSSR count). The largest absolute Gasteiger partial charge is 0.383 e. The number of likely N-dealkylation sites (N-methyl/N-ethyl adjacent to an activating group) is 1. The van der Waals surface area contributed by atoms with Crippen molar-refractivity contribution in [3.8, 4) is 11.3 Å². The number of piperazine rings is 1. The fraction of sp³-hybridized carbons (Fsp3) is 0.450. The van der Waals surface area contributed by atoms with Gasteiger partial charge in [0.05, 0.1) is 11.1 Å². The molecular weight excluding hydrogens is 390 g/mol. The normalized spacial score (nSPS) is 15.5. The second-order valence-corrected chi connectivity index (χ2v) is 7.81. The van der Waals surface area contributed by atoms with Crippen molar-refractivity contribution in [3.05, 3.63) is 29.8 Å². The van der Waals surface area contributed by atoms with Crippen LogP contribution < -0.4 is 10.6 Å². The van der Waals surface area contributed by atoms with Crippen LogP contribution in [-0.2, 0) is 7.05 Å². The molecule has 8 nitrogen and oxygen atoms in total. The van der Waals surface area contributed by atoms with E-state index in [0.29, 0.717) is 22.8 Å². The van der Waals surface area contributed by atoms with E-state index in [1.54, 1.807) is 7.05 Å². The Bertz CT molecular complexity index is 1060. The summed E-state index contributed by atoms with van der Waals surface area (Å²) in [6.45, 7) is 5.24. The van der Waals surface area contributed by atoms with Gasteiger partial charge in [-0.05, 0) is 26.2 Å². The summed E-state index contributed by atoms with van der Waals surface area (Å²) in [7, 11) is 5.81. The van der Waals surface area contributed by atoms with Gasteiger partial charge in [-0.25, -0.2) is 13.8 Å². The molecule has 0 aliphatic carbocycles. The number of nitrogens with zero attached hydrogens (tertiary/aromatic N) is 7. The number of nitrogens with two attached hydrogens (primary N) is 1. The number of hydrogen-bond donors (Lipinski definition) is 1. The third-order valence-corrected chi connectivity index (χ3v) is 5.45. The van der Waals surface area contributed by atoms with Gasteiger partial charge in [-0.2, -0.15) is 10.1 Å². The molecule has 1 fully saturated rings. The Morgan fingerprint density at radius 3 is 2.53 bits per heavy atom. The molecule has 1 saturated heterocycles. The monoisotopic (exact) mass is 416 g/mol. The molecule has 1 aliphatic heterocycles. The maximum absolute atomic E-state index is 14.6. The lowest BCUT2D eigenvalue weighted by Gasteiger charge is -2.35. The first-order chi connectivity index (χ1) is 14.3. The zero-order valence-corrected chi connectivity index (χ0v) is 17.4. The average Bonchev–Trinajstić information content (AvgIpc) is 3.02. The molecule has 1 aliphatic rings. The maximum atomic E-state index is 14.6. The molecule has 0 bridgehead atoms. The molecule has 0 atom stereocenters. The second kappa shape index (κ2) is 8.11. The number of benzene rings is 1. The molecule has 1 aromatic carbocycles. The molecule has 0 spiro atoms. The summed E-state index contributed by atoms with van der Waals surface area (Å²) in [5.74, 6) is -1.13. The van der Waals surface area contributed by atoms with Gasteiger partial charge in [-0.3, -0.25) is 9.58 Å². The van der Waals surface area contributed by atoms with E-state index in [2.05, 4.69) is 43.9 Å². The first-order valence-corrected chi connectivity index (χ1v) is 9.91. The van der Waals surface area contributed by atoms with Gasteiger partial charge < -0.3 is 15.5 Å². The van der Waals surface area contributed by atoms with Gasteiger partial charge in [0.25, 0.3) is 0 Å². The van der Waals surface area contributed by atoms with Crippen molar-refractivity contribution in [2.24, 2.45) is 7.05 Å². The van der Waals surface area contributed by atoms with E-state index in [1.165, 1.54) is 16.8 Å². The topological polar surface area (TPSA) is 79.3 Å². The molecule has 0 saturated carbocycles. The number of aromatic nitrogens is 4. The molecule has 0 amide bonds. The molecule has 3 heterocycles. The highest BCUT2D eigenvalue weighted by atomic mass is 19.2. The molecule has 0 radical (unpaired) electrons. The molecular formula is C20H26F2N8. The molecule has 2 N–H and O–H groups in total. The fourth-order valence-corrected chi connectivity index (χ4v) is 3.64. The maximum Gasteiger partial charge on any atom is 0.228 e. The van der Waals surface area contributed by atoms with Crippen molar-refractivity contribution >= 4 is 22.8 Å². The van der Waals surface area contributed by atoms with E-state index in [-0.39, 0.29) is 11.3 Å². The average molecular weight is 416 g/mol. The van der Waals surface area contributed by atoms with E-state index in [4.69, 9.17) is 5.73 Å². The first kappa shape index (κ1) is 20.4. The molecule has 3 aromatic rings. The van der Waals surface area contributed by atoms with E-state index in [1.807, 2.05) is 0 Å². The van der Waals surface area contributed by atoms with Crippen LogP contribution in [0.3, 0.4) is 0 Å². The van der Waals surface area contributed by atoms with Gasteiger partial charge in [0, 0.05) is 51.9 Å². The van der Waals surface area contributed by atoms with Crippen LogP contribution in [0.4, 0.5) is 20.5 Å². The first-order valence-electron chi connectivity index (χ1n) is 9.91. The summed E-state index contributed by atoms with van der Waals surface area (Å²) in [6, 6.07) is 4.03. The van der Waals surface area contributed by atoms with Crippen LogP contribution in [0.25, 0.3) is 22.3 Å². The standard InChI is InChI=1S/C20H26F2N8/c1-27(2)7-8-29-9-11-30(12-10-29)20-24-17(13-5-4-6-14(21)16(13)22)15-18(23)28(3)26-19(15)25-20/h4-6H,7-12,23H2,1-3H3. The Morgan fingerprint density at radius 1 is 1.10 bits per heavy atom. The second-order valence-electron chi connectivity index (χ2n) is 7.81. The van der Waals surface area contributed by atoms with Gasteiger partial charge >= 0.3 is 0 Å². The summed E-state index contributed by atoms with van der Waals surface area (Å²) in [5.41, 5.74) is 6.82. The zero-order chi connectivity index (χ0) is 21.4. The zero-order valence-electron chi connectivity index (χ0n) is 17.4. The van der Waals surface area contributed by atoms with Gasteiger partial charge in [-0.1, -0.05) is 6.07 Å². The van der Waals surface area contributed by atoms with Crippen molar-refractivity contribution < 1.29 is 8.78 Å². The van der Waals surface area contributed by atoms with Crippen LogP contribution in [0.15, 0.2) is 18.2 Å². The van der Waals surface area contributed by atoms with Crippen LogP contribution in [0, 0.1) is 11.6 Å². The summed E-state index contributed by atoms with van der Waals surface area (Å²) in [5, 5.41) is 4.78. The summed E-state index contributed by atoms with van der Waals surface area (Å²) in [4.78, 5) is 15.8. The van der Waals surface area contributed by atoms with Crippen molar-refractivity contribution in [3.63, 3.8) is 0 Å². The van der Waals surface area contributed by atoms with E-state index in [0.717, 1.165) is 45.3 Å². The van der Waals surface area contributed by atoms with Crippen LogP contribution in [0.2, 0.25) is 0 Å². The lowest BCUT2D eigenvalue weighted by molar-refractivity contribution is 0.229. The minimum Gasteiger partial charge on any atom is -0.383 e. The summed E-state index contributed by atoms with van der Waals surface area (Å²) < 4.78 is 30.0. The molecule has 0 unspecified atom stereocenters. The Balaban J connectivity index is 1.70. The third-order valence-electron chi connectivity index (χ3n) is 5.45. The molecule has 10 heteroatoms. The van der Waals surface area contributed by atoms with Gasteiger partial charge in [0.15, 0.2) is 17.3 Å². The number of aryl methyl sites for hydroxylation is 1. The number of fused-ring (bicyclic) bond motifs is 1. The van der Waals surface area contributed by atoms with Crippen LogP contribution in [-0.4, -0.2) is 82.9 Å². The lowest BCUT2D eigenvalue weighted by Crippen LogP contribution is -2.48. The third kappa shape index (κ3) is 3.80. The predicted octanol–water partition coefficient (Wildman–Crippen LogP) is 1.57. The quantitative estimate of drug-likeness (QED) is 0.676. The van der Waals surface area contributed by atoms with E-state index < -0.39 is 11.6 Å². The minimum atomic E-state index is -0.958. The molecule has 160 valence electrons. The number of anilines is 2. The minimum absolute atomic E-state index is 0.0490. The van der Waals surface area contributed by atoms with Crippen LogP contribution in [0.1, 0.15) is 0 Å². The number of rotatable bonds is 5. The smallest absolute Gasteiger partial charge is 0.228 e. The number of halogens is 2. The van der Waals surface area contributed by atoms with Crippen LogP contribution >= 0.6 is 0 Å². The lowest BCUT2D eigenvalue weighted by atomic mass is 10.1. The van der Waals surface area contributed by atoms with Crippen molar-refractivity contribution in [1.82, 2.24) is 29.5 Å². The highest BCUT2D eigenvalue weighted by Crippen LogP contribution is 2.33. The Morgan fingerprint density at radius 2 is 1.83 bits per heavy atom. The Labute approximate surface area is 173 Å². The van der Waals surface area contributed by atoms with Crippen molar-refractivity contribution in [1.29, 1.82) is 0 Å². The Kier molecular flexibility index (Phi) is 5.52. The summed E-state index contributed by atoms with van der Waals surface area (Å²) in [6.07, 6.45) is 0. The van der Waals surface area contributed by atoms with Crippen LogP contribution in [0.5, 0.6) is 0 Å². The molecule has 2 aromatic heterocycles. The highest BCUT2D eigenvalue weighted by Gasteiger charge is 2.24. The van der Waals surface area contributed by atoms with Gasteiger partial charge in [-0.15, -0.1) is 0 Å². The number of hydrogen-bond acceptors (Lipinski definition) is 7. The highest BCUT2D eigenvalue weighted by molar-refractivity contribution is 5.99. The molecule has 30 heavy (non-hydrogen) atoms. The van der Waals surface area contributed by atoms with Gasteiger partial charge in [0.2, 0.25) is 5.95 Å². The SMILES string of the molecule is CN(C)CCN1CCN(c2nc(-c3cccc(F)c3F)c3c(N)n(C)nc3n2)CC1. The number of nitrogen functional groups attached to an aromatic ring is 1.